The molecule has 0 bridgehead atoms. The Kier molecular flexibility index (Phi) is 3.32. The van der Waals surface area contributed by atoms with Crippen molar-refractivity contribution in [1.82, 2.24) is 0 Å². The van der Waals surface area contributed by atoms with Gasteiger partial charge in [0.2, 0.25) is 0 Å². The zero-order chi connectivity index (χ0) is 13.5. The van der Waals surface area contributed by atoms with Crippen molar-refractivity contribution in [2.24, 2.45) is 5.92 Å². The lowest BCUT2D eigenvalue weighted by molar-refractivity contribution is 0.256. The zero-order valence-electron chi connectivity index (χ0n) is 12.7. The van der Waals surface area contributed by atoms with E-state index in [9.17, 15) is 0 Å². The fourth-order valence-corrected chi connectivity index (χ4v) is 4.20. The molecular weight excluding hydrogens is 230 g/mol. The molecule has 1 aromatic rings. The number of fused-ring (bicyclic) bond motifs is 2. The summed E-state index contributed by atoms with van der Waals surface area (Å²) in [6.07, 6.45) is 8.32. The topological polar surface area (TPSA) is 3.24 Å². The third kappa shape index (κ3) is 2.40. The molecule has 2 unspecified atom stereocenters. The maximum absolute atomic E-state index is 2.75. The van der Waals surface area contributed by atoms with Crippen molar-refractivity contribution in [2.75, 3.05) is 4.90 Å². The molecule has 2 atom stereocenters. The fraction of sp³-hybridized carbons (Fsp3) is 0.667. The van der Waals surface area contributed by atoms with E-state index in [0.717, 1.165) is 12.0 Å². The molecule has 0 aromatic heterocycles. The van der Waals surface area contributed by atoms with Crippen LogP contribution in [0.15, 0.2) is 24.3 Å². The van der Waals surface area contributed by atoms with E-state index in [1.807, 2.05) is 0 Å². The van der Waals surface area contributed by atoms with Crippen molar-refractivity contribution in [3.05, 3.63) is 29.8 Å². The van der Waals surface area contributed by atoms with Crippen LogP contribution in [0.25, 0.3) is 0 Å². The molecule has 1 aromatic carbocycles. The first-order chi connectivity index (χ1) is 9.07. The number of hydrogen-bond acceptors (Lipinski definition) is 1. The van der Waals surface area contributed by atoms with Crippen LogP contribution >= 0.6 is 0 Å². The van der Waals surface area contributed by atoms with Crippen LogP contribution < -0.4 is 4.90 Å². The van der Waals surface area contributed by atoms with Crippen molar-refractivity contribution in [2.45, 2.75) is 70.9 Å². The van der Waals surface area contributed by atoms with Gasteiger partial charge in [-0.25, -0.2) is 0 Å². The van der Waals surface area contributed by atoms with Gasteiger partial charge in [0.1, 0.15) is 0 Å². The SMILES string of the molecule is CC(C)(C)N1c2ccccc2CCC2CCCCC21. The normalized spacial score (nSPS) is 27.4. The molecule has 0 amide bonds. The molecule has 1 aliphatic carbocycles. The second-order valence-corrected chi connectivity index (χ2v) is 7.32. The molecule has 0 radical (unpaired) electrons. The highest BCUT2D eigenvalue weighted by atomic mass is 15.2. The number of aryl methyl sites for hydroxylation is 1. The van der Waals surface area contributed by atoms with Crippen LogP contribution in [-0.4, -0.2) is 11.6 Å². The minimum absolute atomic E-state index is 0.223. The van der Waals surface area contributed by atoms with Crippen molar-refractivity contribution < 1.29 is 0 Å². The third-order valence-electron chi connectivity index (χ3n) is 4.96. The van der Waals surface area contributed by atoms with Crippen molar-refractivity contribution in [1.29, 1.82) is 0 Å². The van der Waals surface area contributed by atoms with Crippen LogP contribution in [-0.2, 0) is 6.42 Å². The van der Waals surface area contributed by atoms with Crippen molar-refractivity contribution in [3.63, 3.8) is 0 Å². The Labute approximate surface area is 118 Å². The quantitative estimate of drug-likeness (QED) is 0.645. The third-order valence-corrected chi connectivity index (χ3v) is 4.96. The van der Waals surface area contributed by atoms with Crippen molar-refractivity contribution in [3.8, 4) is 0 Å². The first-order valence-corrected chi connectivity index (χ1v) is 7.94. The summed E-state index contributed by atoms with van der Waals surface area (Å²) in [5, 5.41) is 0. The molecule has 1 saturated carbocycles. The molecule has 19 heavy (non-hydrogen) atoms. The fourth-order valence-electron chi connectivity index (χ4n) is 4.20. The van der Waals surface area contributed by atoms with E-state index in [4.69, 9.17) is 0 Å². The van der Waals surface area contributed by atoms with Crippen LogP contribution in [0.1, 0.15) is 58.4 Å². The Balaban J connectivity index is 2.07. The number of rotatable bonds is 0. The van der Waals surface area contributed by atoms with Gasteiger partial charge in [0.15, 0.2) is 0 Å². The van der Waals surface area contributed by atoms with Gasteiger partial charge < -0.3 is 4.90 Å². The van der Waals surface area contributed by atoms with Crippen LogP contribution in [0, 0.1) is 5.92 Å². The highest BCUT2D eigenvalue weighted by Gasteiger charge is 2.38. The highest BCUT2D eigenvalue weighted by Crippen LogP contribution is 2.42. The van der Waals surface area contributed by atoms with Gasteiger partial charge in [0, 0.05) is 17.3 Å². The number of para-hydroxylation sites is 1. The predicted octanol–water partition coefficient (Wildman–Crippen LogP) is 4.80. The summed E-state index contributed by atoms with van der Waals surface area (Å²) in [7, 11) is 0. The average molecular weight is 257 g/mol. The lowest BCUT2D eigenvalue weighted by atomic mass is 9.80. The molecular formula is C18H27N. The lowest BCUT2D eigenvalue weighted by Crippen LogP contribution is -2.52. The first-order valence-electron chi connectivity index (χ1n) is 7.94. The maximum atomic E-state index is 2.75. The maximum Gasteiger partial charge on any atom is 0.0405 e. The minimum atomic E-state index is 0.223. The summed E-state index contributed by atoms with van der Waals surface area (Å²) in [5.41, 5.74) is 3.29. The van der Waals surface area contributed by atoms with E-state index in [1.54, 1.807) is 5.56 Å². The van der Waals surface area contributed by atoms with Gasteiger partial charge in [-0.3, -0.25) is 0 Å². The van der Waals surface area contributed by atoms with Crippen LogP contribution in [0.3, 0.4) is 0 Å². The number of nitrogens with zero attached hydrogens (tertiary/aromatic N) is 1. The molecule has 1 fully saturated rings. The summed E-state index contributed by atoms with van der Waals surface area (Å²) in [5.74, 6) is 0.903. The Morgan fingerprint density at radius 3 is 2.53 bits per heavy atom. The second-order valence-electron chi connectivity index (χ2n) is 7.32. The summed E-state index contributed by atoms with van der Waals surface area (Å²) >= 11 is 0. The number of benzene rings is 1. The van der Waals surface area contributed by atoms with E-state index >= 15 is 0 Å². The Morgan fingerprint density at radius 1 is 1.00 bits per heavy atom. The van der Waals surface area contributed by atoms with E-state index in [0.29, 0.717) is 0 Å². The molecule has 1 heterocycles. The van der Waals surface area contributed by atoms with E-state index < -0.39 is 0 Å². The van der Waals surface area contributed by atoms with Gasteiger partial charge in [-0.2, -0.15) is 0 Å². The predicted molar refractivity (Wildman–Crippen MR) is 82.7 cm³/mol. The van der Waals surface area contributed by atoms with Gasteiger partial charge in [-0.05, 0) is 64.0 Å². The average Bonchev–Trinajstić information content (AvgIpc) is 2.54. The molecule has 1 heteroatoms. The molecule has 1 aliphatic heterocycles. The van der Waals surface area contributed by atoms with Gasteiger partial charge in [-0.1, -0.05) is 31.0 Å². The Bertz CT molecular complexity index is 443. The summed E-state index contributed by atoms with van der Waals surface area (Å²) in [4.78, 5) is 2.75. The lowest BCUT2D eigenvalue weighted by Gasteiger charge is -2.47. The molecule has 0 N–H and O–H groups in total. The van der Waals surface area contributed by atoms with E-state index in [-0.39, 0.29) is 5.54 Å². The summed E-state index contributed by atoms with van der Waals surface area (Å²) in [6, 6.07) is 9.86. The molecule has 2 aliphatic rings. The zero-order valence-corrected chi connectivity index (χ0v) is 12.7. The molecule has 0 saturated heterocycles. The number of hydrogen-bond donors (Lipinski definition) is 0. The molecule has 1 nitrogen and oxygen atoms in total. The highest BCUT2D eigenvalue weighted by molar-refractivity contribution is 5.57. The Morgan fingerprint density at radius 2 is 1.74 bits per heavy atom. The second kappa shape index (κ2) is 4.85. The van der Waals surface area contributed by atoms with Gasteiger partial charge >= 0.3 is 0 Å². The van der Waals surface area contributed by atoms with Crippen LogP contribution in [0.2, 0.25) is 0 Å². The monoisotopic (exact) mass is 257 g/mol. The largest absolute Gasteiger partial charge is 0.363 e. The van der Waals surface area contributed by atoms with Gasteiger partial charge in [-0.15, -0.1) is 0 Å². The van der Waals surface area contributed by atoms with E-state index in [2.05, 4.69) is 49.9 Å². The Hall–Kier alpha value is -0.980. The minimum Gasteiger partial charge on any atom is -0.363 e. The van der Waals surface area contributed by atoms with Gasteiger partial charge in [0.25, 0.3) is 0 Å². The van der Waals surface area contributed by atoms with Crippen LogP contribution in [0.4, 0.5) is 5.69 Å². The van der Waals surface area contributed by atoms with E-state index in [1.165, 1.54) is 44.2 Å². The first kappa shape index (κ1) is 13.0. The van der Waals surface area contributed by atoms with Gasteiger partial charge in [0.05, 0.1) is 0 Å². The summed E-state index contributed by atoms with van der Waals surface area (Å²) < 4.78 is 0. The van der Waals surface area contributed by atoms with Crippen molar-refractivity contribution >= 4 is 5.69 Å². The molecule has 3 rings (SSSR count). The number of anilines is 1. The molecule has 0 spiro atoms. The van der Waals surface area contributed by atoms with Crippen LogP contribution in [0.5, 0.6) is 0 Å². The molecule has 104 valence electrons. The standard InChI is InChI=1S/C18H27N/c1-18(2,3)19-16-10-6-4-8-14(16)12-13-15-9-5-7-11-17(15)19/h4,6,8,10,15,17H,5,7,9,11-13H2,1-3H3. The smallest absolute Gasteiger partial charge is 0.0405 e. The summed E-state index contributed by atoms with van der Waals surface area (Å²) in [6.45, 7) is 7.13.